The molecule has 1 aromatic carbocycles. The smallest absolute Gasteiger partial charge is 0.123 e. The lowest BCUT2D eigenvalue weighted by Gasteiger charge is -2.14. The summed E-state index contributed by atoms with van der Waals surface area (Å²) in [5.74, 6) is 0.429. The van der Waals surface area contributed by atoms with E-state index in [0.29, 0.717) is 12.3 Å². The summed E-state index contributed by atoms with van der Waals surface area (Å²) >= 11 is 0. The van der Waals surface area contributed by atoms with Crippen molar-refractivity contribution in [1.29, 1.82) is 0 Å². The fraction of sp³-hybridized carbons (Fsp3) is 0.538. The Morgan fingerprint density at radius 3 is 2.82 bits per heavy atom. The summed E-state index contributed by atoms with van der Waals surface area (Å²) in [5.41, 5.74) is 0.877. The Balaban J connectivity index is 1.91. The average molecular weight is 239 g/mol. The Bertz CT molecular complexity index is 391. The number of ether oxygens (including phenoxy) is 1. The average Bonchev–Trinajstić information content (AvgIpc) is 3.10. The molecule has 1 saturated carbocycles. The van der Waals surface area contributed by atoms with Crippen LogP contribution in [0.5, 0.6) is 5.75 Å². The van der Waals surface area contributed by atoms with Crippen molar-refractivity contribution >= 4 is 0 Å². The molecule has 0 heterocycles. The number of halogens is 1. The number of hydrogen-bond donors (Lipinski definition) is 2. The van der Waals surface area contributed by atoms with Crippen molar-refractivity contribution in [2.24, 2.45) is 5.41 Å². The highest BCUT2D eigenvalue weighted by Crippen LogP contribution is 2.44. The molecule has 2 N–H and O–H groups in total. The van der Waals surface area contributed by atoms with Crippen LogP contribution in [0.4, 0.5) is 4.39 Å². The van der Waals surface area contributed by atoms with Gasteiger partial charge in [-0.1, -0.05) is 0 Å². The van der Waals surface area contributed by atoms with Crippen molar-refractivity contribution in [3.05, 3.63) is 29.6 Å². The van der Waals surface area contributed by atoms with Crippen molar-refractivity contribution in [2.75, 3.05) is 20.3 Å². The molecule has 1 aromatic rings. The first kappa shape index (κ1) is 12.3. The lowest BCUT2D eigenvalue weighted by atomic mass is 10.1. The highest BCUT2D eigenvalue weighted by Gasteiger charge is 2.41. The normalized spacial score (nSPS) is 16.9. The number of methoxy groups -OCH3 is 1. The maximum atomic E-state index is 13.1. The summed E-state index contributed by atoms with van der Waals surface area (Å²) in [6.45, 7) is 1.55. The number of aliphatic hydroxyl groups excluding tert-OH is 1. The second-order valence-corrected chi connectivity index (χ2v) is 4.72. The van der Waals surface area contributed by atoms with E-state index in [9.17, 15) is 9.50 Å². The minimum absolute atomic E-state index is 0.0700. The van der Waals surface area contributed by atoms with Crippen molar-refractivity contribution in [2.45, 2.75) is 19.4 Å². The van der Waals surface area contributed by atoms with Gasteiger partial charge in [-0.3, -0.25) is 0 Å². The van der Waals surface area contributed by atoms with Crippen LogP contribution < -0.4 is 10.1 Å². The highest BCUT2D eigenvalue weighted by atomic mass is 19.1. The maximum Gasteiger partial charge on any atom is 0.123 e. The first-order valence-electron chi connectivity index (χ1n) is 5.83. The number of benzene rings is 1. The predicted octanol–water partition coefficient (Wildman–Crippen LogP) is 1.70. The standard InChI is InChI=1S/C13H18FNO2/c1-17-12-3-2-11(14)6-10(12)7-15-8-13(9-16)4-5-13/h2-3,6,15-16H,4-5,7-9H2,1H3. The first-order chi connectivity index (χ1) is 8.19. The van der Waals surface area contributed by atoms with Crippen molar-refractivity contribution in [1.82, 2.24) is 5.32 Å². The Kier molecular flexibility index (Phi) is 3.64. The van der Waals surface area contributed by atoms with Gasteiger partial charge < -0.3 is 15.2 Å². The summed E-state index contributed by atoms with van der Waals surface area (Å²) in [6.07, 6.45) is 2.13. The molecule has 17 heavy (non-hydrogen) atoms. The highest BCUT2D eigenvalue weighted by molar-refractivity contribution is 5.33. The van der Waals surface area contributed by atoms with Gasteiger partial charge in [-0.05, 0) is 31.0 Å². The van der Waals surface area contributed by atoms with E-state index in [4.69, 9.17) is 4.74 Å². The van der Waals surface area contributed by atoms with E-state index in [2.05, 4.69) is 5.32 Å². The predicted molar refractivity (Wildman–Crippen MR) is 63.4 cm³/mol. The van der Waals surface area contributed by atoms with Gasteiger partial charge in [0, 0.05) is 30.7 Å². The lowest BCUT2D eigenvalue weighted by Crippen LogP contribution is -2.26. The minimum atomic E-state index is -0.258. The van der Waals surface area contributed by atoms with E-state index < -0.39 is 0 Å². The van der Waals surface area contributed by atoms with Crippen molar-refractivity contribution in [3.63, 3.8) is 0 Å². The third-order valence-electron chi connectivity index (χ3n) is 3.35. The fourth-order valence-electron chi connectivity index (χ4n) is 1.92. The molecule has 1 aliphatic rings. The molecule has 1 fully saturated rings. The summed E-state index contributed by atoms with van der Waals surface area (Å²) in [7, 11) is 1.58. The van der Waals surface area contributed by atoms with E-state index in [1.165, 1.54) is 12.1 Å². The largest absolute Gasteiger partial charge is 0.496 e. The third-order valence-corrected chi connectivity index (χ3v) is 3.35. The molecule has 0 radical (unpaired) electrons. The van der Waals surface area contributed by atoms with E-state index in [1.54, 1.807) is 13.2 Å². The summed E-state index contributed by atoms with van der Waals surface area (Å²) < 4.78 is 18.3. The quantitative estimate of drug-likeness (QED) is 0.794. The van der Waals surface area contributed by atoms with Crippen LogP contribution in [0.1, 0.15) is 18.4 Å². The molecule has 1 aliphatic carbocycles. The van der Waals surface area contributed by atoms with Crippen LogP contribution in [-0.2, 0) is 6.54 Å². The molecule has 0 saturated heterocycles. The van der Waals surface area contributed by atoms with Gasteiger partial charge in [0.2, 0.25) is 0 Å². The zero-order valence-electron chi connectivity index (χ0n) is 10.0. The van der Waals surface area contributed by atoms with Crippen LogP contribution in [0.15, 0.2) is 18.2 Å². The molecule has 94 valence electrons. The molecular formula is C13H18FNO2. The topological polar surface area (TPSA) is 41.5 Å². The molecule has 2 rings (SSSR count). The van der Waals surface area contributed by atoms with E-state index in [1.807, 2.05) is 0 Å². The number of rotatable bonds is 6. The van der Waals surface area contributed by atoms with Crippen molar-refractivity contribution < 1.29 is 14.2 Å². The Labute approximate surface area is 101 Å². The van der Waals surface area contributed by atoms with E-state index in [-0.39, 0.29) is 17.8 Å². The molecule has 0 amide bonds. The van der Waals surface area contributed by atoms with Gasteiger partial charge in [0.05, 0.1) is 7.11 Å². The van der Waals surface area contributed by atoms with Crippen LogP contribution in [0.25, 0.3) is 0 Å². The van der Waals surface area contributed by atoms with Gasteiger partial charge in [0.15, 0.2) is 0 Å². The van der Waals surface area contributed by atoms with Gasteiger partial charge in [-0.15, -0.1) is 0 Å². The summed E-state index contributed by atoms with van der Waals surface area (Å²) in [5, 5.41) is 12.4. The van der Waals surface area contributed by atoms with Gasteiger partial charge in [0.1, 0.15) is 11.6 Å². The van der Waals surface area contributed by atoms with Gasteiger partial charge >= 0.3 is 0 Å². The number of nitrogens with one attached hydrogen (secondary N) is 1. The second kappa shape index (κ2) is 5.02. The van der Waals surface area contributed by atoms with Gasteiger partial charge in [-0.25, -0.2) is 4.39 Å². The van der Waals surface area contributed by atoms with Gasteiger partial charge in [-0.2, -0.15) is 0 Å². The lowest BCUT2D eigenvalue weighted by molar-refractivity contribution is 0.207. The molecule has 0 spiro atoms. The zero-order valence-corrected chi connectivity index (χ0v) is 10.0. The number of hydrogen-bond acceptors (Lipinski definition) is 3. The first-order valence-corrected chi connectivity index (χ1v) is 5.83. The van der Waals surface area contributed by atoms with E-state index in [0.717, 1.165) is 24.9 Å². The summed E-state index contributed by atoms with van der Waals surface area (Å²) in [4.78, 5) is 0. The number of aliphatic hydroxyl groups is 1. The zero-order chi connectivity index (χ0) is 12.3. The van der Waals surface area contributed by atoms with Crippen LogP contribution in [0.3, 0.4) is 0 Å². The van der Waals surface area contributed by atoms with Crippen LogP contribution >= 0.6 is 0 Å². The molecule has 0 bridgehead atoms. The van der Waals surface area contributed by atoms with E-state index >= 15 is 0 Å². The molecule has 0 aliphatic heterocycles. The fourth-order valence-corrected chi connectivity index (χ4v) is 1.92. The van der Waals surface area contributed by atoms with Crippen LogP contribution in [0.2, 0.25) is 0 Å². The molecule has 0 unspecified atom stereocenters. The molecule has 0 aromatic heterocycles. The summed E-state index contributed by atoms with van der Waals surface area (Å²) in [6, 6.07) is 4.49. The maximum absolute atomic E-state index is 13.1. The molecular weight excluding hydrogens is 221 g/mol. The SMILES string of the molecule is COc1ccc(F)cc1CNCC1(CO)CC1. The second-order valence-electron chi connectivity index (χ2n) is 4.72. The minimum Gasteiger partial charge on any atom is -0.496 e. The Morgan fingerprint density at radius 1 is 1.47 bits per heavy atom. The Hall–Kier alpha value is -1.13. The van der Waals surface area contributed by atoms with Crippen LogP contribution in [0, 0.1) is 11.2 Å². The van der Waals surface area contributed by atoms with Crippen molar-refractivity contribution in [3.8, 4) is 5.75 Å². The molecule has 0 atom stereocenters. The molecule has 3 nitrogen and oxygen atoms in total. The molecule has 4 heteroatoms. The third kappa shape index (κ3) is 2.96. The van der Waals surface area contributed by atoms with Crippen LogP contribution in [-0.4, -0.2) is 25.4 Å². The van der Waals surface area contributed by atoms with Gasteiger partial charge in [0.25, 0.3) is 0 Å². The monoisotopic (exact) mass is 239 g/mol. The Morgan fingerprint density at radius 2 is 2.24 bits per heavy atom.